The van der Waals surface area contributed by atoms with Gasteiger partial charge in [0.1, 0.15) is 10.0 Å². The lowest BCUT2D eigenvalue weighted by molar-refractivity contribution is -0.129. The predicted octanol–water partition coefficient (Wildman–Crippen LogP) is 6.64. The van der Waals surface area contributed by atoms with Crippen LogP contribution in [0.2, 0.25) is 5.02 Å². The van der Waals surface area contributed by atoms with Crippen LogP contribution in [0.4, 0.5) is 10.7 Å². The van der Waals surface area contributed by atoms with Crippen molar-refractivity contribution in [3.63, 3.8) is 0 Å². The van der Waals surface area contributed by atoms with Crippen molar-refractivity contribution in [1.82, 2.24) is 9.88 Å². The maximum absolute atomic E-state index is 13.7. The standard InChI is InChI=1S/C29H23ClN4O4S3/c1-17(35)34-15-14-21-25(16-34)40-29(26(21)28-31-23-8-4-5-9-24(23)39-28)32-27(36)20-6-2-3-7-22(20)33-41(37,38)19-12-10-18(30)11-13-19/h2-13,33H,14-16H2,1H3,(H,32,36). The Labute approximate surface area is 249 Å². The number of fused-ring (bicyclic) bond motifs is 2. The zero-order chi connectivity index (χ0) is 28.7. The molecule has 1 aliphatic heterocycles. The van der Waals surface area contributed by atoms with Gasteiger partial charge < -0.3 is 10.2 Å². The van der Waals surface area contributed by atoms with Crippen molar-refractivity contribution >= 4 is 77.0 Å². The van der Waals surface area contributed by atoms with E-state index in [2.05, 4.69) is 10.0 Å². The molecule has 2 N–H and O–H groups in total. The Hall–Kier alpha value is -3.77. The van der Waals surface area contributed by atoms with Crippen molar-refractivity contribution in [2.75, 3.05) is 16.6 Å². The summed E-state index contributed by atoms with van der Waals surface area (Å²) < 4.78 is 29.7. The van der Waals surface area contributed by atoms with Crippen LogP contribution in [0.3, 0.4) is 0 Å². The number of amides is 2. The molecule has 41 heavy (non-hydrogen) atoms. The van der Waals surface area contributed by atoms with E-state index in [9.17, 15) is 18.0 Å². The molecular weight excluding hydrogens is 600 g/mol. The minimum atomic E-state index is -3.97. The molecular formula is C29H23ClN4O4S3. The highest BCUT2D eigenvalue weighted by molar-refractivity contribution is 7.92. The zero-order valence-corrected chi connectivity index (χ0v) is 24.9. The van der Waals surface area contributed by atoms with Crippen molar-refractivity contribution in [2.45, 2.75) is 24.8 Å². The molecule has 0 bridgehead atoms. The molecule has 8 nitrogen and oxygen atoms in total. The number of anilines is 2. The van der Waals surface area contributed by atoms with E-state index < -0.39 is 15.9 Å². The van der Waals surface area contributed by atoms with Gasteiger partial charge in [0.25, 0.3) is 15.9 Å². The predicted molar refractivity (Wildman–Crippen MR) is 164 cm³/mol. The van der Waals surface area contributed by atoms with E-state index in [0.717, 1.165) is 31.2 Å². The van der Waals surface area contributed by atoms with Gasteiger partial charge in [0.15, 0.2) is 0 Å². The van der Waals surface area contributed by atoms with E-state index in [-0.39, 0.29) is 22.1 Å². The number of aromatic nitrogens is 1. The number of rotatable bonds is 6. The van der Waals surface area contributed by atoms with Crippen molar-refractivity contribution in [2.24, 2.45) is 0 Å². The van der Waals surface area contributed by atoms with Crippen LogP contribution in [0.15, 0.2) is 77.7 Å². The molecule has 5 aromatic rings. The number of sulfonamides is 1. The number of para-hydroxylation sites is 2. The topological polar surface area (TPSA) is 108 Å². The molecule has 3 aromatic carbocycles. The first kappa shape index (κ1) is 27.4. The Morgan fingerprint density at radius 1 is 0.976 bits per heavy atom. The van der Waals surface area contributed by atoms with Gasteiger partial charge >= 0.3 is 0 Å². The van der Waals surface area contributed by atoms with E-state index in [1.807, 2.05) is 24.3 Å². The third-order valence-corrected chi connectivity index (χ3v) is 10.6. The molecule has 12 heteroatoms. The summed E-state index contributed by atoms with van der Waals surface area (Å²) in [6, 6.07) is 20.1. The van der Waals surface area contributed by atoms with Crippen molar-refractivity contribution in [1.29, 1.82) is 0 Å². The quantitative estimate of drug-likeness (QED) is 0.221. The van der Waals surface area contributed by atoms with Gasteiger partial charge in [-0.25, -0.2) is 13.4 Å². The van der Waals surface area contributed by atoms with Gasteiger partial charge in [0, 0.05) is 28.9 Å². The normalized spacial score (nSPS) is 13.2. The first-order valence-corrected chi connectivity index (χ1v) is 16.1. The number of thiophene rings is 1. The molecule has 0 aliphatic carbocycles. The highest BCUT2D eigenvalue weighted by atomic mass is 35.5. The maximum Gasteiger partial charge on any atom is 0.261 e. The van der Waals surface area contributed by atoms with Gasteiger partial charge in [0.2, 0.25) is 5.91 Å². The lowest BCUT2D eigenvalue weighted by Gasteiger charge is -2.26. The van der Waals surface area contributed by atoms with E-state index >= 15 is 0 Å². The fraction of sp³-hybridized carbons (Fsp3) is 0.138. The molecule has 0 atom stereocenters. The molecule has 0 saturated carbocycles. The summed E-state index contributed by atoms with van der Waals surface area (Å²) in [4.78, 5) is 33.5. The number of nitrogens with zero attached hydrogens (tertiary/aromatic N) is 2. The van der Waals surface area contributed by atoms with E-state index in [0.29, 0.717) is 29.5 Å². The van der Waals surface area contributed by atoms with E-state index in [1.54, 1.807) is 47.4 Å². The summed E-state index contributed by atoms with van der Waals surface area (Å²) in [6.07, 6.45) is 0.643. The lowest BCUT2D eigenvalue weighted by atomic mass is 10.0. The lowest BCUT2D eigenvalue weighted by Crippen LogP contribution is -2.33. The highest BCUT2D eigenvalue weighted by Gasteiger charge is 2.29. The van der Waals surface area contributed by atoms with Crippen LogP contribution < -0.4 is 10.0 Å². The van der Waals surface area contributed by atoms with Crippen LogP contribution in [0.25, 0.3) is 20.8 Å². The average molecular weight is 623 g/mol. The summed E-state index contributed by atoms with van der Waals surface area (Å²) in [6.45, 7) is 2.60. The van der Waals surface area contributed by atoms with Crippen LogP contribution in [-0.2, 0) is 27.8 Å². The average Bonchev–Trinajstić information content (AvgIpc) is 3.53. The van der Waals surface area contributed by atoms with Crippen LogP contribution in [0.5, 0.6) is 0 Å². The van der Waals surface area contributed by atoms with E-state index in [1.165, 1.54) is 35.6 Å². The summed E-state index contributed by atoms with van der Waals surface area (Å²) in [5, 5.41) is 4.84. The van der Waals surface area contributed by atoms with Crippen molar-refractivity contribution in [3.05, 3.63) is 93.8 Å². The molecule has 0 saturated heterocycles. The first-order chi connectivity index (χ1) is 19.7. The van der Waals surface area contributed by atoms with Crippen LogP contribution in [-0.4, -0.2) is 36.7 Å². The summed E-state index contributed by atoms with van der Waals surface area (Å²) in [5.74, 6) is -0.471. The van der Waals surface area contributed by atoms with Gasteiger partial charge in [-0.05, 0) is 60.5 Å². The molecule has 1 aliphatic rings. The van der Waals surface area contributed by atoms with Gasteiger partial charge in [-0.1, -0.05) is 35.9 Å². The number of carbonyl (C=O) groups excluding carboxylic acids is 2. The number of hydrogen-bond donors (Lipinski definition) is 2. The second-order valence-electron chi connectivity index (χ2n) is 9.44. The SMILES string of the molecule is CC(=O)N1CCc2c(sc(NC(=O)c3ccccc3NS(=O)(=O)c3ccc(Cl)cc3)c2-c2nc3ccccc3s2)C1. The Morgan fingerprint density at radius 3 is 2.46 bits per heavy atom. The summed E-state index contributed by atoms with van der Waals surface area (Å²) >= 11 is 8.88. The molecule has 3 heterocycles. The van der Waals surface area contributed by atoms with Crippen LogP contribution in [0.1, 0.15) is 27.7 Å². The number of carbonyl (C=O) groups is 2. The first-order valence-electron chi connectivity index (χ1n) is 12.6. The van der Waals surface area contributed by atoms with Gasteiger partial charge in [-0.2, -0.15) is 0 Å². The smallest absolute Gasteiger partial charge is 0.261 e. The molecule has 2 aromatic heterocycles. The third-order valence-electron chi connectivity index (χ3n) is 6.78. The molecule has 0 spiro atoms. The minimum absolute atomic E-state index is 0.00179. The second kappa shape index (κ2) is 10.9. The molecule has 0 unspecified atom stereocenters. The molecule has 0 fully saturated rings. The number of benzene rings is 3. The second-order valence-corrected chi connectivity index (χ2v) is 13.7. The highest BCUT2D eigenvalue weighted by Crippen LogP contribution is 2.46. The Morgan fingerprint density at radius 2 is 1.71 bits per heavy atom. The Bertz CT molecular complexity index is 1880. The molecule has 0 radical (unpaired) electrons. The summed E-state index contributed by atoms with van der Waals surface area (Å²) in [5.41, 5.74) is 3.09. The molecule has 2 amide bonds. The number of hydrogen-bond acceptors (Lipinski definition) is 7. The fourth-order valence-electron chi connectivity index (χ4n) is 4.72. The zero-order valence-electron chi connectivity index (χ0n) is 21.7. The van der Waals surface area contributed by atoms with Gasteiger partial charge in [0.05, 0.1) is 32.9 Å². The number of nitrogens with one attached hydrogen (secondary N) is 2. The van der Waals surface area contributed by atoms with Crippen LogP contribution >= 0.6 is 34.3 Å². The molecule has 208 valence electrons. The van der Waals surface area contributed by atoms with E-state index in [4.69, 9.17) is 16.6 Å². The van der Waals surface area contributed by atoms with Gasteiger partial charge in [-0.3, -0.25) is 14.3 Å². The van der Waals surface area contributed by atoms with Crippen LogP contribution in [0, 0.1) is 0 Å². The molecule has 6 rings (SSSR count). The van der Waals surface area contributed by atoms with Gasteiger partial charge in [-0.15, -0.1) is 22.7 Å². The Kier molecular flexibility index (Phi) is 7.28. The third kappa shape index (κ3) is 5.45. The van der Waals surface area contributed by atoms with Crippen molar-refractivity contribution < 1.29 is 18.0 Å². The summed E-state index contributed by atoms with van der Waals surface area (Å²) in [7, 11) is -3.97. The number of halogens is 1. The van der Waals surface area contributed by atoms with Crippen molar-refractivity contribution in [3.8, 4) is 10.6 Å². The number of thiazole rings is 1. The minimum Gasteiger partial charge on any atom is -0.337 e. The fourth-order valence-corrected chi connectivity index (χ4v) is 8.30. The maximum atomic E-state index is 13.7. The monoisotopic (exact) mass is 622 g/mol. The largest absolute Gasteiger partial charge is 0.337 e. The Balaban J connectivity index is 1.37.